The Labute approximate surface area is 93.9 Å². The molecule has 11 heavy (non-hydrogen) atoms. The highest BCUT2D eigenvalue weighted by molar-refractivity contribution is 14.2. The second-order valence-electron chi connectivity index (χ2n) is 1.90. The minimum absolute atomic E-state index is 0.176. The van der Waals surface area contributed by atoms with Crippen molar-refractivity contribution in [1.82, 2.24) is 5.32 Å². The third-order valence-electron chi connectivity index (χ3n) is 0.868. The molecule has 0 saturated heterocycles. The first-order valence-electron chi connectivity index (χ1n) is 3.34. The van der Waals surface area contributed by atoms with Gasteiger partial charge in [0.15, 0.2) is 0 Å². The van der Waals surface area contributed by atoms with E-state index in [2.05, 4.69) is 50.5 Å². The molecular formula is C6H11I2NO2. The van der Waals surface area contributed by atoms with E-state index in [1.165, 1.54) is 0 Å². The molecule has 0 aromatic rings. The van der Waals surface area contributed by atoms with Crippen molar-refractivity contribution in [3.05, 3.63) is 0 Å². The molecule has 5 heteroatoms. The minimum atomic E-state index is -0.176. The van der Waals surface area contributed by atoms with Crippen molar-refractivity contribution in [2.45, 2.75) is 15.4 Å². The summed E-state index contributed by atoms with van der Waals surface area (Å²) in [5, 5.41) is 2.95. The highest BCUT2D eigenvalue weighted by atomic mass is 127. The monoisotopic (exact) mass is 383 g/mol. The number of carbonyl (C=O) groups is 1. The fourth-order valence-electron chi connectivity index (χ4n) is 0.427. The maximum absolute atomic E-state index is 10.8. The summed E-state index contributed by atoms with van der Waals surface area (Å²) in [4.78, 5) is 10.8. The molecule has 0 saturated carbocycles. The molecule has 3 nitrogen and oxygen atoms in total. The Morgan fingerprint density at radius 1 is 1.64 bits per heavy atom. The van der Waals surface area contributed by atoms with Crippen molar-refractivity contribution in [3.63, 3.8) is 0 Å². The van der Waals surface area contributed by atoms with Crippen LogP contribution in [0.4, 0.5) is 0 Å². The molecule has 0 unspecified atom stereocenters. The van der Waals surface area contributed by atoms with Gasteiger partial charge in [0.05, 0.1) is 13.2 Å². The average Bonchev–Trinajstić information content (AvgIpc) is 1.97. The number of rotatable bonds is 5. The summed E-state index contributed by atoms with van der Waals surface area (Å²) < 4.78 is 5.11. The zero-order valence-corrected chi connectivity index (χ0v) is 10.6. The van der Waals surface area contributed by atoms with E-state index in [4.69, 9.17) is 4.74 Å². The van der Waals surface area contributed by atoms with Gasteiger partial charge in [-0.1, -0.05) is 52.1 Å². The lowest BCUT2D eigenvalue weighted by molar-refractivity contribution is -0.142. The molecule has 0 bridgehead atoms. The molecule has 0 aliphatic heterocycles. The highest BCUT2D eigenvalue weighted by Gasteiger charge is 2.02. The topological polar surface area (TPSA) is 38.3 Å². The SMILES string of the molecule is CCCOC(=O)CNC(I)I. The van der Waals surface area contributed by atoms with Crippen LogP contribution in [-0.4, -0.2) is 21.2 Å². The molecule has 66 valence electrons. The van der Waals surface area contributed by atoms with Crippen molar-refractivity contribution >= 4 is 51.2 Å². The Kier molecular flexibility index (Phi) is 8.14. The quantitative estimate of drug-likeness (QED) is 0.340. The van der Waals surface area contributed by atoms with Crippen LogP contribution in [0.5, 0.6) is 0 Å². The Morgan fingerprint density at radius 2 is 2.27 bits per heavy atom. The lowest BCUT2D eigenvalue weighted by Gasteiger charge is -2.04. The number of carbonyl (C=O) groups excluding carboxylic acids is 1. The number of hydrogen-bond acceptors (Lipinski definition) is 3. The van der Waals surface area contributed by atoms with E-state index < -0.39 is 0 Å². The molecule has 1 N–H and O–H groups in total. The zero-order valence-electron chi connectivity index (χ0n) is 6.27. The summed E-state index contributed by atoms with van der Waals surface area (Å²) >= 11 is 4.36. The molecule has 0 radical (unpaired) electrons. The van der Waals surface area contributed by atoms with Crippen LogP contribution in [0.1, 0.15) is 13.3 Å². The van der Waals surface area contributed by atoms with Crippen LogP contribution in [0.15, 0.2) is 0 Å². The smallest absolute Gasteiger partial charge is 0.319 e. The summed E-state index contributed by atoms with van der Waals surface area (Å²) in [7, 11) is 0. The van der Waals surface area contributed by atoms with Gasteiger partial charge in [-0.3, -0.25) is 10.1 Å². The van der Waals surface area contributed by atoms with Gasteiger partial charge in [-0.05, 0) is 6.42 Å². The highest BCUT2D eigenvalue weighted by Crippen LogP contribution is 2.03. The molecule has 0 atom stereocenters. The maximum atomic E-state index is 10.8. The van der Waals surface area contributed by atoms with Crippen molar-refractivity contribution in [3.8, 4) is 0 Å². The largest absolute Gasteiger partial charge is 0.465 e. The second kappa shape index (κ2) is 7.53. The molecule has 0 rings (SSSR count). The molecule has 0 fully saturated rings. The molecule has 0 aromatic heterocycles. The average molecular weight is 383 g/mol. The van der Waals surface area contributed by atoms with Gasteiger partial charge in [0.25, 0.3) is 0 Å². The summed E-state index contributed by atoms with van der Waals surface area (Å²) in [5.74, 6) is -0.176. The summed E-state index contributed by atoms with van der Waals surface area (Å²) in [5.41, 5.74) is 0. The van der Waals surface area contributed by atoms with Crippen molar-refractivity contribution in [2.75, 3.05) is 13.2 Å². The van der Waals surface area contributed by atoms with Gasteiger partial charge in [0.2, 0.25) is 0 Å². The van der Waals surface area contributed by atoms with E-state index in [1.54, 1.807) is 0 Å². The number of nitrogens with one attached hydrogen (secondary N) is 1. The fourth-order valence-corrected chi connectivity index (χ4v) is 0.868. The molecular weight excluding hydrogens is 372 g/mol. The molecule has 0 heterocycles. The van der Waals surface area contributed by atoms with Crippen LogP contribution in [0.2, 0.25) is 0 Å². The van der Waals surface area contributed by atoms with Crippen molar-refractivity contribution in [1.29, 1.82) is 0 Å². The summed E-state index contributed by atoms with van der Waals surface area (Å²) in [6.45, 7) is 2.80. The van der Waals surface area contributed by atoms with E-state index in [0.29, 0.717) is 13.2 Å². The first kappa shape index (κ1) is 11.9. The third-order valence-corrected chi connectivity index (χ3v) is 1.75. The lowest BCUT2D eigenvalue weighted by Crippen LogP contribution is -2.27. The Bertz CT molecular complexity index is 119. The predicted octanol–water partition coefficient (Wildman–Crippen LogP) is 1.68. The summed E-state index contributed by atoms with van der Waals surface area (Å²) in [6, 6.07) is 0. The van der Waals surface area contributed by atoms with Crippen LogP contribution in [-0.2, 0) is 9.53 Å². The predicted molar refractivity (Wildman–Crippen MR) is 61.1 cm³/mol. The zero-order chi connectivity index (χ0) is 8.69. The molecule has 0 aliphatic rings. The van der Waals surface area contributed by atoms with Crippen LogP contribution in [0.25, 0.3) is 0 Å². The Hall–Kier alpha value is 0.890. The van der Waals surface area contributed by atoms with Gasteiger partial charge in [-0.15, -0.1) is 0 Å². The number of ether oxygens (including phenoxy) is 1. The van der Waals surface area contributed by atoms with Crippen LogP contribution in [0.3, 0.4) is 0 Å². The fraction of sp³-hybridized carbons (Fsp3) is 0.833. The number of esters is 1. The van der Waals surface area contributed by atoms with E-state index in [9.17, 15) is 4.79 Å². The van der Waals surface area contributed by atoms with Gasteiger partial charge in [-0.2, -0.15) is 0 Å². The number of halogens is 2. The van der Waals surface area contributed by atoms with Gasteiger partial charge in [-0.25, -0.2) is 0 Å². The molecule has 0 spiro atoms. The number of hydrogen-bond donors (Lipinski definition) is 1. The lowest BCUT2D eigenvalue weighted by atomic mass is 10.5. The molecule has 0 aliphatic carbocycles. The van der Waals surface area contributed by atoms with E-state index in [0.717, 1.165) is 6.42 Å². The second-order valence-corrected chi connectivity index (χ2v) is 6.78. The minimum Gasteiger partial charge on any atom is -0.465 e. The number of alkyl halides is 2. The first-order valence-corrected chi connectivity index (χ1v) is 5.83. The van der Waals surface area contributed by atoms with E-state index >= 15 is 0 Å². The van der Waals surface area contributed by atoms with Crippen LogP contribution < -0.4 is 5.32 Å². The third kappa shape index (κ3) is 8.80. The van der Waals surface area contributed by atoms with Crippen molar-refractivity contribution < 1.29 is 9.53 Å². The van der Waals surface area contributed by atoms with E-state index in [1.807, 2.05) is 6.92 Å². The van der Waals surface area contributed by atoms with Crippen LogP contribution in [0, 0.1) is 0 Å². The van der Waals surface area contributed by atoms with Crippen molar-refractivity contribution in [2.24, 2.45) is 0 Å². The Balaban J connectivity index is 3.23. The van der Waals surface area contributed by atoms with Gasteiger partial charge in [0, 0.05) is 0 Å². The van der Waals surface area contributed by atoms with Crippen LogP contribution >= 0.6 is 45.2 Å². The standard InChI is InChI=1S/C6H11I2NO2/c1-2-3-11-5(10)4-9-6(7)8/h6,9H,2-4H2,1H3. The van der Waals surface area contributed by atoms with Gasteiger partial charge >= 0.3 is 5.97 Å². The van der Waals surface area contributed by atoms with Gasteiger partial charge < -0.3 is 4.74 Å². The van der Waals surface area contributed by atoms with E-state index in [-0.39, 0.29) is 8.02 Å². The maximum Gasteiger partial charge on any atom is 0.319 e. The molecule has 0 amide bonds. The summed E-state index contributed by atoms with van der Waals surface area (Å²) in [6.07, 6.45) is 0.879. The van der Waals surface area contributed by atoms with Gasteiger partial charge in [0.1, 0.15) is 2.06 Å². The Morgan fingerprint density at radius 3 is 2.73 bits per heavy atom. The normalized spacial score (nSPS) is 10.2. The first-order chi connectivity index (χ1) is 5.16. The molecule has 0 aromatic carbocycles.